The molecular formula is C12H17N3O2S. The molecule has 0 saturated heterocycles. The smallest absolute Gasteiger partial charge is 0.224 e. The summed E-state index contributed by atoms with van der Waals surface area (Å²) >= 11 is 0. The van der Waals surface area contributed by atoms with E-state index in [0.29, 0.717) is 24.4 Å². The van der Waals surface area contributed by atoms with E-state index in [1.807, 2.05) is 12.1 Å². The Morgan fingerprint density at radius 1 is 1.44 bits per heavy atom. The highest BCUT2D eigenvalue weighted by atomic mass is 32.2. The second-order valence-electron chi connectivity index (χ2n) is 4.35. The van der Waals surface area contributed by atoms with E-state index in [-0.39, 0.29) is 5.91 Å². The number of rotatable bonds is 4. The Morgan fingerprint density at radius 3 is 2.94 bits per heavy atom. The van der Waals surface area contributed by atoms with E-state index in [9.17, 15) is 9.00 Å². The van der Waals surface area contributed by atoms with Gasteiger partial charge in [0.15, 0.2) is 0 Å². The molecule has 1 aliphatic heterocycles. The van der Waals surface area contributed by atoms with Gasteiger partial charge in [-0.2, -0.15) is 0 Å². The molecule has 2 rings (SSSR count). The molecule has 1 aromatic carbocycles. The molecule has 0 saturated carbocycles. The van der Waals surface area contributed by atoms with Gasteiger partial charge >= 0.3 is 0 Å². The molecule has 1 unspecified atom stereocenters. The summed E-state index contributed by atoms with van der Waals surface area (Å²) in [6, 6.07) is 3.74. The summed E-state index contributed by atoms with van der Waals surface area (Å²) < 4.78 is 11.0. The Kier molecular flexibility index (Phi) is 3.86. The zero-order chi connectivity index (χ0) is 13.1. The van der Waals surface area contributed by atoms with Gasteiger partial charge in [0, 0.05) is 41.5 Å². The first-order valence-electron chi connectivity index (χ1n) is 5.82. The number of carbonyl (C=O) groups is 1. The van der Waals surface area contributed by atoms with Crippen LogP contribution < -0.4 is 16.4 Å². The van der Waals surface area contributed by atoms with Crippen molar-refractivity contribution >= 4 is 33.8 Å². The first-order chi connectivity index (χ1) is 8.56. The van der Waals surface area contributed by atoms with E-state index in [1.165, 1.54) is 0 Å². The van der Waals surface area contributed by atoms with Crippen LogP contribution in [-0.2, 0) is 22.0 Å². The molecule has 0 spiro atoms. The third kappa shape index (κ3) is 3.01. The Balaban J connectivity index is 2.13. The minimum atomic E-state index is -0.827. The van der Waals surface area contributed by atoms with Crippen molar-refractivity contribution in [3.8, 4) is 0 Å². The zero-order valence-electron chi connectivity index (χ0n) is 10.3. The molecule has 0 radical (unpaired) electrons. The lowest BCUT2D eigenvalue weighted by molar-refractivity contribution is -0.116. The van der Waals surface area contributed by atoms with Gasteiger partial charge in [-0.3, -0.25) is 9.00 Å². The molecule has 0 aromatic heterocycles. The lowest BCUT2D eigenvalue weighted by Crippen LogP contribution is -2.20. The number of amides is 1. The second-order valence-corrected chi connectivity index (χ2v) is 5.90. The quantitative estimate of drug-likeness (QED) is 0.709. The van der Waals surface area contributed by atoms with Crippen LogP contribution in [0.3, 0.4) is 0 Å². The highest BCUT2D eigenvalue weighted by Gasteiger charge is 2.16. The topological polar surface area (TPSA) is 84.2 Å². The van der Waals surface area contributed by atoms with E-state index in [1.54, 1.807) is 6.26 Å². The van der Waals surface area contributed by atoms with Crippen LogP contribution in [0.2, 0.25) is 0 Å². The largest absolute Gasteiger partial charge is 0.397 e. The lowest BCUT2D eigenvalue weighted by atomic mass is 10.0. The second kappa shape index (κ2) is 5.39. The Morgan fingerprint density at radius 2 is 2.22 bits per heavy atom. The van der Waals surface area contributed by atoms with Gasteiger partial charge in [-0.15, -0.1) is 0 Å². The normalized spacial score (nSPS) is 15.7. The number of nitrogen functional groups attached to an aromatic ring is 1. The van der Waals surface area contributed by atoms with Crippen molar-refractivity contribution in [3.63, 3.8) is 0 Å². The number of carbonyl (C=O) groups excluding carboxylic acids is 1. The lowest BCUT2D eigenvalue weighted by Gasteiger charge is -2.19. The molecule has 1 aliphatic rings. The van der Waals surface area contributed by atoms with Crippen LogP contribution in [0, 0.1) is 0 Å². The number of nitrogens with one attached hydrogen (secondary N) is 2. The number of aryl methyl sites for hydroxylation is 1. The summed E-state index contributed by atoms with van der Waals surface area (Å²) in [6.07, 6.45) is 2.90. The summed E-state index contributed by atoms with van der Waals surface area (Å²) in [5.41, 5.74) is 9.27. The standard InChI is InChI=1S/C12H17N3O2S/c1-18(17)5-4-14-11-7-10-8(6-9(11)13)2-3-12(16)15-10/h6-7,14H,2-5,13H2,1H3,(H,15,16). The van der Waals surface area contributed by atoms with Crippen molar-refractivity contribution in [2.24, 2.45) is 0 Å². The number of nitrogens with two attached hydrogens (primary N) is 1. The van der Waals surface area contributed by atoms with Crippen LogP contribution in [0.5, 0.6) is 0 Å². The van der Waals surface area contributed by atoms with Crippen molar-refractivity contribution in [1.82, 2.24) is 0 Å². The van der Waals surface area contributed by atoms with Gasteiger partial charge < -0.3 is 16.4 Å². The number of hydrogen-bond donors (Lipinski definition) is 3. The SMILES string of the molecule is CS(=O)CCNc1cc2c(cc1N)CCC(=O)N2. The summed E-state index contributed by atoms with van der Waals surface area (Å²) in [6.45, 7) is 0.597. The maximum atomic E-state index is 11.3. The van der Waals surface area contributed by atoms with Crippen molar-refractivity contribution in [3.05, 3.63) is 17.7 Å². The fourth-order valence-electron chi connectivity index (χ4n) is 1.93. The molecule has 18 heavy (non-hydrogen) atoms. The highest BCUT2D eigenvalue weighted by Crippen LogP contribution is 2.30. The van der Waals surface area contributed by atoms with Crippen LogP contribution >= 0.6 is 0 Å². The van der Waals surface area contributed by atoms with E-state index >= 15 is 0 Å². The highest BCUT2D eigenvalue weighted by molar-refractivity contribution is 7.84. The summed E-state index contributed by atoms with van der Waals surface area (Å²) in [5, 5.41) is 5.97. The van der Waals surface area contributed by atoms with Crippen molar-refractivity contribution < 1.29 is 9.00 Å². The molecule has 4 N–H and O–H groups in total. The van der Waals surface area contributed by atoms with Gasteiger partial charge in [-0.05, 0) is 24.1 Å². The molecule has 0 fully saturated rings. The summed E-state index contributed by atoms with van der Waals surface area (Å²) in [5.74, 6) is 0.607. The first kappa shape index (κ1) is 12.9. The Bertz CT molecular complexity index is 502. The van der Waals surface area contributed by atoms with E-state index in [4.69, 9.17) is 5.73 Å². The number of benzene rings is 1. The summed E-state index contributed by atoms with van der Waals surface area (Å²) in [4.78, 5) is 11.3. The van der Waals surface area contributed by atoms with E-state index < -0.39 is 10.8 Å². The molecule has 0 bridgehead atoms. The molecule has 0 aliphatic carbocycles. The van der Waals surface area contributed by atoms with Gasteiger partial charge in [-0.25, -0.2) is 0 Å². The molecule has 1 aromatic rings. The third-order valence-corrected chi connectivity index (χ3v) is 3.65. The van der Waals surface area contributed by atoms with Crippen molar-refractivity contribution in [2.45, 2.75) is 12.8 Å². The van der Waals surface area contributed by atoms with Gasteiger partial charge in [0.25, 0.3) is 0 Å². The predicted molar refractivity (Wildman–Crippen MR) is 75.2 cm³/mol. The van der Waals surface area contributed by atoms with Crippen LogP contribution in [0.1, 0.15) is 12.0 Å². The minimum absolute atomic E-state index is 0.0351. The van der Waals surface area contributed by atoms with Crippen LogP contribution in [0.15, 0.2) is 12.1 Å². The molecule has 1 atom stereocenters. The number of anilines is 3. The fraction of sp³-hybridized carbons (Fsp3) is 0.417. The summed E-state index contributed by atoms with van der Waals surface area (Å²) in [7, 11) is -0.827. The first-order valence-corrected chi connectivity index (χ1v) is 7.55. The number of hydrogen-bond acceptors (Lipinski definition) is 4. The maximum absolute atomic E-state index is 11.3. The minimum Gasteiger partial charge on any atom is -0.397 e. The molecule has 98 valence electrons. The van der Waals surface area contributed by atoms with Crippen LogP contribution in [-0.4, -0.2) is 28.7 Å². The molecular weight excluding hydrogens is 250 g/mol. The molecule has 5 nitrogen and oxygen atoms in total. The fourth-order valence-corrected chi connectivity index (χ4v) is 2.32. The van der Waals surface area contributed by atoms with E-state index in [2.05, 4.69) is 10.6 Å². The zero-order valence-corrected chi connectivity index (χ0v) is 11.1. The third-order valence-electron chi connectivity index (χ3n) is 2.88. The molecule has 1 heterocycles. The van der Waals surface area contributed by atoms with Gasteiger partial charge in [0.2, 0.25) is 5.91 Å². The average molecular weight is 267 g/mol. The Labute approximate surface area is 109 Å². The predicted octanol–water partition coefficient (Wildman–Crippen LogP) is 0.944. The van der Waals surface area contributed by atoms with Gasteiger partial charge in [0.1, 0.15) is 0 Å². The van der Waals surface area contributed by atoms with Crippen molar-refractivity contribution in [2.75, 3.05) is 34.9 Å². The van der Waals surface area contributed by atoms with Crippen LogP contribution in [0.25, 0.3) is 0 Å². The molecule has 6 heteroatoms. The van der Waals surface area contributed by atoms with Crippen molar-refractivity contribution in [1.29, 1.82) is 0 Å². The Hall–Kier alpha value is -1.56. The number of fused-ring (bicyclic) bond motifs is 1. The monoisotopic (exact) mass is 267 g/mol. The van der Waals surface area contributed by atoms with Gasteiger partial charge in [-0.1, -0.05) is 0 Å². The van der Waals surface area contributed by atoms with Crippen LogP contribution in [0.4, 0.5) is 17.1 Å². The van der Waals surface area contributed by atoms with Gasteiger partial charge in [0.05, 0.1) is 11.4 Å². The maximum Gasteiger partial charge on any atom is 0.224 e. The average Bonchev–Trinajstić information content (AvgIpc) is 2.30. The molecule has 1 amide bonds. The van der Waals surface area contributed by atoms with E-state index in [0.717, 1.165) is 23.4 Å².